The third kappa shape index (κ3) is 3.09. The molecule has 2 rings (SSSR count). The summed E-state index contributed by atoms with van der Waals surface area (Å²) in [6.07, 6.45) is 3.98. The second kappa shape index (κ2) is 6.36. The summed E-state index contributed by atoms with van der Waals surface area (Å²) in [5.41, 5.74) is -1.39. The molecule has 0 saturated heterocycles. The Kier molecular flexibility index (Phi) is 4.94. The predicted molar refractivity (Wildman–Crippen MR) is 77.5 cm³/mol. The number of rotatable bonds is 6. The summed E-state index contributed by atoms with van der Waals surface area (Å²) < 4.78 is 10.9. The molecule has 2 heterocycles. The molecule has 2 N–H and O–H groups in total. The van der Waals surface area contributed by atoms with Gasteiger partial charge in [-0.15, -0.1) is 0 Å². The third-order valence-electron chi connectivity index (χ3n) is 4.46. The van der Waals surface area contributed by atoms with Crippen LogP contribution in [-0.2, 0) is 14.3 Å². The summed E-state index contributed by atoms with van der Waals surface area (Å²) in [5.74, 6) is -0.204. The molecule has 0 aromatic heterocycles. The van der Waals surface area contributed by atoms with Crippen LogP contribution < -0.4 is 0 Å². The maximum Gasteiger partial charge on any atom is 0.341 e. The molecule has 0 aromatic rings. The molecular formula is C16H26O5. The molecule has 5 nitrogen and oxygen atoms in total. The summed E-state index contributed by atoms with van der Waals surface area (Å²) >= 11 is 0. The van der Waals surface area contributed by atoms with E-state index < -0.39 is 29.9 Å². The summed E-state index contributed by atoms with van der Waals surface area (Å²) in [5, 5.41) is 20.9. The van der Waals surface area contributed by atoms with Crippen LogP contribution >= 0.6 is 0 Å². The number of cyclic esters (lactones) is 1. The Balaban J connectivity index is 2.03. The van der Waals surface area contributed by atoms with Gasteiger partial charge in [0.15, 0.2) is 11.9 Å². The number of esters is 1. The number of aliphatic hydroxyl groups is 2. The normalized spacial score (nSPS) is 35.5. The van der Waals surface area contributed by atoms with Gasteiger partial charge in [0.2, 0.25) is 0 Å². The van der Waals surface area contributed by atoms with Gasteiger partial charge in [-0.2, -0.15) is 0 Å². The van der Waals surface area contributed by atoms with Gasteiger partial charge in [0.25, 0.3) is 0 Å². The molecule has 0 spiro atoms. The molecule has 2 aliphatic heterocycles. The first-order valence-electron chi connectivity index (χ1n) is 7.91. The average molecular weight is 298 g/mol. The predicted octanol–water partition coefficient (Wildman–Crippen LogP) is 2.06. The molecule has 0 aromatic carbocycles. The minimum absolute atomic E-state index is 0.0785. The van der Waals surface area contributed by atoms with Crippen LogP contribution in [0.3, 0.4) is 0 Å². The van der Waals surface area contributed by atoms with Gasteiger partial charge in [0.05, 0.1) is 0 Å². The molecule has 120 valence electrons. The van der Waals surface area contributed by atoms with Crippen LogP contribution in [0, 0.1) is 0 Å². The minimum Gasteiger partial charge on any atom is -0.487 e. The second-order valence-corrected chi connectivity index (χ2v) is 6.26. The average Bonchev–Trinajstić information content (AvgIpc) is 2.69. The van der Waals surface area contributed by atoms with E-state index in [1.807, 2.05) is 0 Å². The van der Waals surface area contributed by atoms with Gasteiger partial charge in [-0.25, -0.2) is 4.79 Å². The quantitative estimate of drug-likeness (QED) is 0.580. The van der Waals surface area contributed by atoms with E-state index in [4.69, 9.17) is 9.47 Å². The molecule has 2 aliphatic rings. The molecule has 0 amide bonds. The monoisotopic (exact) mass is 298 g/mol. The zero-order chi connectivity index (χ0) is 15.6. The number of carbonyl (C=O) groups is 1. The summed E-state index contributed by atoms with van der Waals surface area (Å²) in [6.45, 7) is 5.40. The van der Waals surface area contributed by atoms with Crippen LogP contribution in [0.1, 0.15) is 59.3 Å². The first kappa shape index (κ1) is 16.3. The highest BCUT2D eigenvalue weighted by Gasteiger charge is 2.53. The summed E-state index contributed by atoms with van der Waals surface area (Å²) in [7, 11) is 0. The molecule has 0 aliphatic carbocycles. The molecule has 4 atom stereocenters. The van der Waals surface area contributed by atoms with Crippen molar-refractivity contribution in [2.75, 3.05) is 0 Å². The standard InChI is InChI=1S/C16H26O5/c1-4-5-6-7-8-9-11-16(3,19)14(17)12-13(21-11)10(2)20-15(12)18/h10-11,14,17,19H,4-9H2,1-3H3/t10-,11+,14+,16+/m0/s1. The van der Waals surface area contributed by atoms with E-state index in [0.717, 1.165) is 12.8 Å². The van der Waals surface area contributed by atoms with E-state index in [2.05, 4.69) is 6.92 Å². The molecule has 0 bridgehead atoms. The zero-order valence-electron chi connectivity index (χ0n) is 13.1. The number of hydrogen-bond donors (Lipinski definition) is 2. The molecule has 0 radical (unpaired) electrons. The van der Waals surface area contributed by atoms with Crippen LogP contribution in [-0.4, -0.2) is 40.1 Å². The van der Waals surface area contributed by atoms with Gasteiger partial charge in [-0.1, -0.05) is 32.6 Å². The van der Waals surface area contributed by atoms with Crippen molar-refractivity contribution in [3.8, 4) is 0 Å². The fourth-order valence-corrected chi connectivity index (χ4v) is 3.03. The fraction of sp³-hybridized carbons (Fsp3) is 0.812. The number of aliphatic hydroxyl groups excluding tert-OH is 1. The van der Waals surface area contributed by atoms with Gasteiger partial charge >= 0.3 is 5.97 Å². The lowest BCUT2D eigenvalue weighted by atomic mass is 9.82. The molecule has 0 saturated carbocycles. The van der Waals surface area contributed by atoms with Crippen molar-refractivity contribution in [3.05, 3.63) is 11.3 Å². The lowest BCUT2D eigenvalue weighted by Gasteiger charge is -2.41. The highest BCUT2D eigenvalue weighted by Crippen LogP contribution is 2.40. The van der Waals surface area contributed by atoms with E-state index in [1.165, 1.54) is 26.2 Å². The molecular weight excluding hydrogens is 272 g/mol. The van der Waals surface area contributed by atoms with Gasteiger partial charge in [-0.05, 0) is 26.7 Å². The topological polar surface area (TPSA) is 76.0 Å². The Labute approximate surface area is 125 Å². The Morgan fingerprint density at radius 1 is 1.19 bits per heavy atom. The largest absolute Gasteiger partial charge is 0.487 e. The number of unbranched alkanes of at least 4 members (excludes halogenated alkanes) is 4. The Bertz CT molecular complexity index is 426. The van der Waals surface area contributed by atoms with Crippen molar-refractivity contribution in [2.45, 2.75) is 83.2 Å². The van der Waals surface area contributed by atoms with E-state index >= 15 is 0 Å². The maximum absolute atomic E-state index is 11.7. The van der Waals surface area contributed by atoms with Crippen LogP contribution in [0.4, 0.5) is 0 Å². The highest BCUT2D eigenvalue weighted by molar-refractivity contribution is 5.93. The summed E-state index contributed by atoms with van der Waals surface area (Å²) in [6, 6.07) is 0. The first-order chi connectivity index (χ1) is 9.89. The Morgan fingerprint density at radius 3 is 2.52 bits per heavy atom. The highest BCUT2D eigenvalue weighted by atomic mass is 16.6. The van der Waals surface area contributed by atoms with E-state index in [1.54, 1.807) is 6.92 Å². The van der Waals surface area contributed by atoms with Crippen LogP contribution in [0.15, 0.2) is 11.3 Å². The van der Waals surface area contributed by atoms with Crippen LogP contribution in [0.2, 0.25) is 0 Å². The molecule has 21 heavy (non-hydrogen) atoms. The van der Waals surface area contributed by atoms with Gasteiger partial charge < -0.3 is 19.7 Å². The van der Waals surface area contributed by atoms with E-state index in [0.29, 0.717) is 12.2 Å². The number of ether oxygens (including phenoxy) is 2. The van der Waals surface area contributed by atoms with Gasteiger partial charge in [0.1, 0.15) is 23.4 Å². The minimum atomic E-state index is -1.47. The Hall–Kier alpha value is -1.07. The van der Waals surface area contributed by atoms with Crippen molar-refractivity contribution < 1.29 is 24.5 Å². The lowest BCUT2D eigenvalue weighted by molar-refractivity contribution is -0.153. The molecule has 0 unspecified atom stereocenters. The molecule has 0 fully saturated rings. The smallest absolute Gasteiger partial charge is 0.341 e. The number of carbonyl (C=O) groups excluding carboxylic acids is 1. The van der Waals surface area contributed by atoms with E-state index in [-0.39, 0.29) is 5.57 Å². The van der Waals surface area contributed by atoms with Crippen molar-refractivity contribution in [1.29, 1.82) is 0 Å². The van der Waals surface area contributed by atoms with Gasteiger partial charge in [-0.3, -0.25) is 0 Å². The van der Waals surface area contributed by atoms with Crippen molar-refractivity contribution >= 4 is 5.97 Å². The SMILES string of the molecule is CCCCCCC[C@H]1OC2=C(C(=O)O[C@H]2C)[C@@H](O)[C@]1(C)O. The van der Waals surface area contributed by atoms with Crippen LogP contribution in [0.25, 0.3) is 0 Å². The van der Waals surface area contributed by atoms with Crippen molar-refractivity contribution in [2.24, 2.45) is 0 Å². The summed E-state index contributed by atoms with van der Waals surface area (Å²) in [4.78, 5) is 11.7. The van der Waals surface area contributed by atoms with Crippen molar-refractivity contribution in [1.82, 2.24) is 0 Å². The fourth-order valence-electron chi connectivity index (χ4n) is 3.03. The second-order valence-electron chi connectivity index (χ2n) is 6.26. The van der Waals surface area contributed by atoms with Crippen molar-refractivity contribution in [3.63, 3.8) is 0 Å². The van der Waals surface area contributed by atoms with E-state index in [9.17, 15) is 15.0 Å². The maximum atomic E-state index is 11.7. The number of hydrogen-bond acceptors (Lipinski definition) is 5. The Morgan fingerprint density at radius 2 is 1.86 bits per heavy atom. The zero-order valence-corrected chi connectivity index (χ0v) is 13.1. The molecule has 5 heteroatoms. The third-order valence-corrected chi connectivity index (χ3v) is 4.46. The first-order valence-corrected chi connectivity index (χ1v) is 7.91. The lowest BCUT2D eigenvalue weighted by Crippen LogP contribution is -2.55. The van der Waals surface area contributed by atoms with Crippen LogP contribution in [0.5, 0.6) is 0 Å². The van der Waals surface area contributed by atoms with Gasteiger partial charge in [0, 0.05) is 0 Å².